The number of benzene rings is 1. The van der Waals surface area contributed by atoms with E-state index in [4.69, 9.17) is 9.47 Å². The molecule has 6 saturated carbocycles. The number of hydrogen-bond donors (Lipinski definition) is 10. The Morgan fingerprint density at radius 1 is 0.905 bits per heavy atom. The van der Waals surface area contributed by atoms with Gasteiger partial charge in [0.05, 0.1) is 41.3 Å². The van der Waals surface area contributed by atoms with Crippen LogP contribution in [0.3, 0.4) is 0 Å². The Labute approximate surface area is 505 Å². The first-order chi connectivity index (χ1) is 40.0. The molecule has 22 atom stereocenters. The zero-order valence-corrected chi connectivity index (χ0v) is 52.1. The number of anilines is 1. The number of aliphatic hydroxyl groups is 8. The molecule has 1 amide bonds. The summed E-state index contributed by atoms with van der Waals surface area (Å²) in [5.41, 5.74) is -11.3. The summed E-state index contributed by atoms with van der Waals surface area (Å²) in [6.45, 7) is 8.22. The Balaban J connectivity index is 0.959. The molecule has 8 aliphatic carbocycles. The molecular formula is C67H98N2O13S2. The quantitative estimate of drug-likeness (QED) is 0.0651. The molecule has 6 heterocycles. The van der Waals surface area contributed by atoms with Crippen molar-refractivity contribution in [1.82, 2.24) is 5.32 Å². The van der Waals surface area contributed by atoms with E-state index >= 15 is 9.59 Å². The van der Waals surface area contributed by atoms with Crippen LogP contribution in [0.4, 0.5) is 5.69 Å². The average molecular weight is 1200 g/mol. The topological polar surface area (TPSA) is 253 Å². The Hall–Kier alpha value is -2.10. The number of carbonyl (C=O) groups excluding carboxylic acids is 2. The SMILES string of the molecule is COCC[C@H]1CC[C@@H]([C@@H]2CC[C@@]3(CN4C(=O)[C@@]35[C@H](CO)CCC[C@@H]5CSS[C@H](O)[C@@]35C[C@@H](O)[C@](O)(CO)C[C@]3(C)[C@H]3C[C@@H]6C=CC[C@](O)([C@@H]7O[C@H]7[C@H](C)C(C)C)[C@H]7CC[C@@](O)(C3=CC5=O)[C@@]76CCc3cc(O)cc4c3)[C@H]2O)NC12CCCCC2. The Morgan fingerprint density at radius 2 is 1.69 bits per heavy atom. The molecule has 1 aromatic carbocycles. The zero-order valence-electron chi connectivity index (χ0n) is 50.4. The molecule has 15 nitrogen and oxygen atoms in total. The zero-order chi connectivity index (χ0) is 59.4. The van der Waals surface area contributed by atoms with Crippen molar-refractivity contribution < 1.29 is 65.0 Å². The highest BCUT2D eigenvalue weighted by Gasteiger charge is 2.80. The van der Waals surface area contributed by atoms with E-state index in [2.05, 4.69) is 32.2 Å². The lowest BCUT2D eigenvalue weighted by Gasteiger charge is -2.68. The van der Waals surface area contributed by atoms with Gasteiger partial charge in [0, 0.05) is 78.6 Å². The molecule has 14 aliphatic rings. The minimum absolute atomic E-state index is 0.0136. The van der Waals surface area contributed by atoms with Crippen molar-refractivity contribution in [3.63, 3.8) is 0 Å². The summed E-state index contributed by atoms with van der Waals surface area (Å²) in [7, 11) is 4.28. The highest BCUT2D eigenvalue weighted by molar-refractivity contribution is 8.76. The maximum Gasteiger partial charge on any atom is 0.234 e. The molecule has 1 aromatic rings. The summed E-state index contributed by atoms with van der Waals surface area (Å²) in [6.07, 6.45) is 15.7. The second-order valence-corrected chi connectivity index (χ2v) is 32.8. The number of fused-ring (bicyclic) bond motifs is 1. The number of aryl methyl sites for hydroxylation is 1. The first-order valence-electron chi connectivity index (χ1n) is 32.8. The third-order valence-corrected chi connectivity index (χ3v) is 29.8. The number of aromatic hydroxyl groups is 1. The van der Waals surface area contributed by atoms with Gasteiger partial charge >= 0.3 is 0 Å². The van der Waals surface area contributed by atoms with Gasteiger partial charge in [-0.05, 0) is 185 Å². The van der Waals surface area contributed by atoms with Gasteiger partial charge in [0.15, 0.2) is 5.78 Å². The Morgan fingerprint density at radius 3 is 2.43 bits per heavy atom. The predicted molar refractivity (Wildman–Crippen MR) is 322 cm³/mol. The van der Waals surface area contributed by atoms with Crippen LogP contribution in [0.5, 0.6) is 5.75 Å². The van der Waals surface area contributed by atoms with Crippen LogP contribution in [0.2, 0.25) is 0 Å². The van der Waals surface area contributed by atoms with E-state index in [9.17, 15) is 46.0 Å². The van der Waals surface area contributed by atoms with Crippen molar-refractivity contribution in [2.75, 3.05) is 44.1 Å². The highest BCUT2D eigenvalue weighted by Crippen LogP contribution is 2.77. The van der Waals surface area contributed by atoms with Crippen molar-refractivity contribution in [1.29, 1.82) is 0 Å². The number of methoxy groups -OCH3 is 1. The summed E-state index contributed by atoms with van der Waals surface area (Å²) in [4.78, 5) is 34.5. The number of amides is 1. The summed E-state index contributed by atoms with van der Waals surface area (Å²) in [5.74, 6) is -2.04. The molecule has 17 heteroatoms. The minimum Gasteiger partial charge on any atom is -0.508 e. The van der Waals surface area contributed by atoms with Gasteiger partial charge in [0.25, 0.3) is 0 Å². The normalized spacial score (nSPS) is 49.0. The fourth-order valence-corrected chi connectivity index (χ4v) is 25.8. The molecule has 8 bridgehead atoms. The number of ether oxygens (including phenoxy) is 2. The number of phenolic OH excluding ortho intramolecular Hbond substituents is 1. The van der Waals surface area contributed by atoms with Crippen LogP contribution in [0, 0.1) is 80.3 Å². The van der Waals surface area contributed by atoms with Crippen molar-refractivity contribution in [2.24, 2.45) is 80.3 Å². The number of hydrogen-bond acceptors (Lipinski definition) is 16. The lowest BCUT2D eigenvalue weighted by molar-refractivity contribution is -0.235. The number of carbonyl (C=O) groups is 2. The summed E-state index contributed by atoms with van der Waals surface area (Å²) >= 11 is 0. The number of epoxide rings is 1. The Kier molecular flexibility index (Phi) is 15.6. The van der Waals surface area contributed by atoms with E-state index in [0.717, 1.165) is 67.7 Å². The van der Waals surface area contributed by atoms with Gasteiger partial charge < -0.3 is 65.6 Å². The number of piperidine rings is 1. The number of allylic oxidation sites excluding steroid dienone is 2. The second kappa shape index (κ2) is 21.5. The molecule has 466 valence electrons. The highest BCUT2D eigenvalue weighted by atomic mass is 33.1. The number of nitrogens with zero attached hydrogens (tertiary/aromatic N) is 1. The third-order valence-electron chi connectivity index (χ3n) is 27.1. The summed E-state index contributed by atoms with van der Waals surface area (Å²) in [5, 5.41) is 119. The molecule has 9 fully saturated rings. The van der Waals surface area contributed by atoms with Crippen LogP contribution in [-0.4, -0.2) is 155 Å². The maximum atomic E-state index is 16.7. The third kappa shape index (κ3) is 8.29. The number of rotatable bonds is 9. The lowest BCUT2D eigenvalue weighted by Crippen LogP contribution is -2.72. The largest absolute Gasteiger partial charge is 0.508 e. The van der Waals surface area contributed by atoms with Crippen molar-refractivity contribution >= 4 is 39.0 Å². The van der Waals surface area contributed by atoms with Gasteiger partial charge in [0.2, 0.25) is 5.91 Å². The van der Waals surface area contributed by atoms with E-state index in [1.807, 2.05) is 24.0 Å². The van der Waals surface area contributed by atoms with Crippen LogP contribution in [0.1, 0.15) is 162 Å². The second-order valence-electron chi connectivity index (χ2n) is 30.3. The fourth-order valence-electron chi connectivity index (χ4n) is 22.8. The van der Waals surface area contributed by atoms with E-state index in [-0.39, 0.29) is 91.8 Å². The van der Waals surface area contributed by atoms with Crippen LogP contribution in [0.15, 0.2) is 42.0 Å². The fraction of sp³-hybridized carbons (Fsp3) is 0.821. The maximum absolute atomic E-state index is 16.7. The van der Waals surface area contributed by atoms with Gasteiger partial charge in [-0.1, -0.05) is 87.1 Å². The first kappa shape index (κ1) is 60.8. The molecular weight excluding hydrogens is 1100 g/mol. The number of phenols is 1. The van der Waals surface area contributed by atoms with Crippen molar-refractivity contribution in [2.45, 2.75) is 221 Å². The van der Waals surface area contributed by atoms with Crippen LogP contribution < -0.4 is 10.2 Å². The van der Waals surface area contributed by atoms with E-state index in [1.165, 1.54) is 17.2 Å². The number of nitrogens with one attached hydrogen (secondary N) is 1. The molecule has 3 saturated heterocycles. The van der Waals surface area contributed by atoms with Crippen LogP contribution >= 0.6 is 21.6 Å². The molecule has 0 unspecified atom stereocenters. The minimum atomic E-state index is -2.03. The standard InChI is InChI=1S/C67H98N2O13S2/c1-38(2)39(3)54-56(82-54)65(79)22-10-13-42-29-48-49-31-52(73)64(32-53(74)62(78,37-71)35-59(48,64)4)58(77)84-83-34-44-12-9-11-43(33-70)67(44)57(76)69(45-27-40(28-46(72)30-45)16-24-63(42)51(65)18-25-66(49,63)80)36-60(67)23-17-47(55(60)75)50-15-14-41(19-26-81-5)61(68-50)20-7-6-8-21-61/h10,13,27-28,30-31,38-39,41-44,47-48,50-51,53-56,58,68,70-72,74-75,77-80H,6-9,11-12,14-26,29,32-37H2,1-5H3/t39-,41-,42+,43+,44-,47+,48+,50+,51+,53-,54+,55+,56-,58+,59-,60-,62-,63-,64+,65-,66-,67+/m1/s1. The average Bonchev–Trinajstić information content (AvgIpc) is 1.28. The molecule has 5 spiro atoms. The van der Waals surface area contributed by atoms with Gasteiger partial charge in [-0.15, -0.1) is 0 Å². The molecule has 84 heavy (non-hydrogen) atoms. The summed E-state index contributed by atoms with van der Waals surface area (Å²) in [6, 6.07) is 5.40. The predicted octanol–water partition coefficient (Wildman–Crippen LogP) is 7.54. The van der Waals surface area contributed by atoms with Crippen molar-refractivity contribution in [3.05, 3.63) is 47.6 Å². The summed E-state index contributed by atoms with van der Waals surface area (Å²) < 4.78 is 12.2. The Bertz CT molecular complexity index is 2780. The smallest absolute Gasteiger partial charge is 0.234 e. The molecule has 0 aromatic heterocycles. The van der Waals surface area contributed by atoms with Crippen molar-refractivity contribution in [3.8, 4) is 5.75 Å². The number of ketones is 1. The number of aliphatic hydroxyl groups excluding tert-OH is 5. The monoisotopic (exact) mass is 1200 g/mol. The van der Waals surface area contributed by atoms with E-state index in [0.29, 0.717) is 80.9 Å². The molecule has 6 aliphatic heterocycles. The molecule has 10 N–H and O–H groups in total. The van der Waals surface area contributed by atoms with Crippen LogP contribution in [-0.2, 0) is 25.5 Å². The van der Waals surface area contributed by atoms with E-state index < -0.39 is 104 Å². The van der Waals surface area contributed by atoms with Crippen LogP contribution in [0.25, 0.3) is 0 Å². The van der Waals surface area contributed by atoms with Gasteiger partial charge in [-0.2, -0.15) is 0 Å². The van der Waals surface area contributed by atoms with Gasteiger partial charge in [-0.25, -0.2) is 0 Å². The lowest BCUT2D eigenvalue weighted by atomic mass is 9.38. The molecule has 0 radical (unpaired) electrons. The first-order valence-corrected chi connectivity index (χ1v) is 35.1. The van der Waals surface area contributed by atoms with E-state index in [1.54, 1.807) is 25.3 Å². The van der Waals surface area contributed by atoms with Gasteiger partial charge in [0.1, 0.15) is 28.5 Å². The molecule has 15 rings (SSSR count). The van der Waals surface area contributed by atoms with Gasteiger partial charge in [-0.3, -0.25) is 9.59 Å².